The molecule has 2 aromatic carbocycles. The number of aliphatic carboxylic acids is 2. The van der Waals surface area contributed by atoms with E-state index in [1.165, 1.54) is 69.4 Å². The van der Waals surface area contributed by atoms with E-state index in [0.717, 1.165) is 0 Å². The molecule has 27 heteroatoms. The van der Waals surface area contributed by atoms with Crippen LogP contribution >= 0.6 is 25.3 Å². The van der Waals surface area contributed by atoms with Crippen LogP contribution in [-0.2, 0) is 62.4 Å². The number of carbonyl (C=O) groups excluding carboxylic acids is 7. The highest BCUT2D eigenvalue weighted by atomic mass is 32.1. The number of carboxylic acid groups (broad SMARTS) is 2. The summed E-state index contributed by atoms with van der Waals surface area (Å²) in [7, 11) is 0. The second kappa shape index (κ2) is 27.9. The Hall–Kier alpha value is -7.39. The summed E-state index contributed by atoms with van der Waals surface area (Å²) in [5, 5.41) is 44.8. The van der Waals surface area contributed by atoms with E-state index in [1.807, 2.05) is 0 Å². The van der Waals surface area contributed by atoms with Gasteiger partial charge >= 0.3 is 11.9 Å². The molecule has 0 unspecified atom stereocenters. The van der Waals surface area contributed by atoms with E-state index in [0.29, 0.717) is 23.2 Å². The number of rotatable bonds is 28. The number of phenols is 1. The Morgan fingerprint density at radius 1 is 0.737 bits per heavy atom. The maximum absolute atomic E-state index is 14.6. The molecule has 76 heavy (non-hydrogen) atoms. The van der Waals surface area contributed by atoms with Crippen molar-refractivity contribution in [3.05, 3.63) is 83.9 Å². The summed E-state index contributed by atoms with van der Waals surface area (Å²) in [6.45, 7) is 6.15. The fourth-order valence-electron chi connectivity index (χ4n) is 8.17. The predicted molar refractivity (Wildman–Crippen MR) is 284 cm³/mol. The Labute approximate surface area is 449 Å². The Morgan fingerprint density at radius 3 is 1.83 bits per heavy atom. The van der Waals surface area contributed by atoms with Crippen LogP contribution in [0.5, 0.6) is 5.75 Å². The number of carbonyl (C=O) groups is 9. The van der Waals surface area contributed by atoms with Crippen LogP contribution in [0.2, 0.25) is 0 Å². The molecule has 1 saturated heterocycles. The number of amides is 7. The van der Waals surface area contributed by atoms with Gasteiger partial charge in [-0.25, -0.2) is 9.78 Å². The molecular weight excluding hydrogens is 1030 g/mol. The summed E-state index contributed by atoms with van der Waals surface area (Å²) in [6, 6.07) is 3.05. The SMILES string of the molecule is CC(C)(S)[C@@H](NC(=O)[C@H](CCCN=C(N)N)NC(=O)[C@@H](N)CC(=O)O)C(=O)N[C@@H](Cc1ccc(O)cc1)C(=O)N[C@@H](C(=O)N[C@@H](Cc1cnc[nH]1)C(=O)N1CCC[C@H]1C(=O)N[C@@H](Cc1ccccc1)C(=O)O)C(C)(C)S. The van der Waals surface area contributed by atoms with E-state index >= 15 is 0 Å². The minimum atomic E-state index is -1.55. The average molecular weight is 1100 g/mol. The second-order valence-corrected chi connectivity index (χ2v) is 21.8. The predicted octanol–water partition coefficient (Wildman–Crippen LogP) is -1.60. The van der Waals surface area contributed by atoms with Gasteiger partial charge in [-0.15, -0.1) is 0 Å². The summed E-state index contributed by atoms with van der Waals surface area (Å²) in [6.07, 6.45) is 2.25. The molecular formula is C49H69N13O12S2. The minimum absolute atomic E-state index is 0.0166. The van der Waals surface area contributed by atoms with Crippen LogP contribution in [0.3, 0.4) is 0 Å². The monoisotopic (exact) mass is 1100 g/mol. The molecule has 0 bridgehead atoms. The van der Waals surface area contributed by atoms with Crippen molar-refractivity contribution in [2.75, 3.05) is 13.1 Å². The Bertz CT molecular complexity index is 2540. The number of thiol groups is 2. The molecule has 25 nitrogen and oxygen atoms in total. The zero-order valence-corrected chi connectivity index (χ0v) is 44.3. The number of likely N-dealkylation sites (tertiary alicyclic amines) is 1. The number of nitrogens with zero attached hydrogens (tertiary/aromatic N) is 3. The third-order valence-electron chi connectivity index (χ3n) is 12.2. The molecule has 8 atom stereocenters. The van der Waals surface area contributed by atoms with E-state index in [4.69, 9.17) is 17.2 Å². The van der Waals surface area contributed by atoms with Crippen LogP contribution < -0.4 is 49.1 Å². The Balaban J connectivity index is 1.62. The van der Waals surface area contributed by atoms with Crippen LogP contribution in [-0.4, -0.2) is 160 Å². The highest BCUT2D eigenvalue weighted by molar-refractivity contribution is 7.82. The van der Waals surface area contributed by atoms with Gasteiger partial charge in [0.15, 0.2) is 5.96 Å². The highest BCUT2D eigenvalue weighted by Crippen LogP contribution is 2.24. The molecule has 0 aliphatic carbocycles. The first-order valence-corrected chi connectivity index (χ1v) is 25.2. The highest BCUT2D eigenvalue weighted by Gasteiger charge is 2.43. The number of hydrogen-bond donors (Lipinski definition) is 15. The van der Waals surface area contributed by atoms with Gasteiger partial charge in [0.25, 0.3) is 0 Å². The number of aliphatic imine (C=N–C) groups is 1. The summed E-state index contributed by atoms with van der Waals surface area (Å²) < 4.78 is -2.76. The molecule has 3 aromatic rings. The largest absolute Gasteiger partial charge is 0.508 e. The van der Waals surface area contributed by atoms with E-state index in [9.17, 15) is 58.5 Å². The zero-order valence-electron chi connectivity index (χ0n) is 42.5. The van der Waals surface area contributed by atoms with E-state index in [2.05, 4.69) is 72.1 Å². The quantitative estimate of drug-likeness (QED) is 0.0169. The van der Waals surface area contributed by atoms with Gasteiger partial charge in [0.05, 0.1) is 18.8 Å². The number of H-pyrrole nitrogens is 1. The van der Waals surface area contributed by atoms with Gasteiger partial charge in [0.2, 0.25) is 41.4 Å². The van der Waals surface area contributed by atoms with Gasteiger partial charge in [-0.05, 0) is 76.6 Å². The lowest BCUT2D eigenvalue weighted by Gasteiger charge is -2.35. The number of imidazole rings is 1. The fourth-order valence-corrected chi connectivity index (χ4v) is 8.53. The molecule has 0 spiro atoms. The maximum atomic E-state index is 14.6. The lowest BCUT2D eigenvalue weighted by Crippen LogP contribution is -2.65. The van der Waals surface area contributed by atoms with E-state index in [-0.39, 0.29) is 63.3 Å². The summed E-state index contributed by atoms with van der Waals surface area (Å²) in [4.78, 5) is 135. The third kappa shape index (κ3) is 19.1. The van der Waals surface area contributed by atoms with Gasteiger partial charge in [-0.2, -0.15) is 25.3 Å². The maximum Gasteiger partial charge on any atom is 0.326 e. The summed E-state index contributed by atoms with van der Waals surface area (Å²) in [5.74, 6) is -9.02. The molecule has 7 amide bonds. The van der Waals surface area contributed by atoms with E-state index in [1.54, 1.807) is 30.3 Å². The van der Waals surface area contributed by atoms with Gasteiger partial charge < -0.3 is 74.3 Å². The van der Waals surface area contributed by atoms with Crippen molar-refractivity contribution < 1.29 is 58.5 Å². The number of nitrogens with one attached hydrogen (secondary N) is 7. The second-order valence-electron chi connectivity index (χ2n) is 19.5. The fraction of sp³-hybridized carbons (Fsp3) is 0.490. The van der Waals surface area contributed by atoms with Crippen molar-refractivity contribution in [1.29, 1.82) is 0 Å². The van der Waals surface area contributed by atoms with Crippen LogP contribution in [0, 0.1) is 0 Å². The Kier molecular flexibility index (Phi) is 22.5. The number of hydrogen-bond acceptors (Lipinski definition) is 15. The summed E-state index contributed by atoms with van der Waals surface area (Å²) in [5.41, 5.74) is 18.2. The van der Waals surface area contributed by atoms with Crippen LogP contribution in [0.1, 0.15) is 76.6 Å². The molecule has 414 valence electrons. The molecule has 1 aliphatic rings. The average Bonchev–Trinajstić information content (AvgIpc) is 4.05. The standard InChI is InChI=1S/C49H69N13O12S2/c1-48(2,75)37(60-40(67)31(12-8-18-54-47(51)52)56-39(66)30(50)23-36(64)65)43(70)57-32(20-27-14-16-29(63)17-15-27)41(68)61-38(49(3,4)76)44(71)58-33(22-28-24-53-25-55-28)45(72)62-19-9-13-35(62)42(69)59-34(46(73)74)21-26-10-6-5-7-11-26/h5-7,10-11,14-17,24-25,30-35,37-38,63,75-76H,8-9,12-13,18-23,50H2,1-4H3,(H,53,55)(H,56,66)(H,57,70)(H,58,71)(H,59,69)(H,60,67)(H,61,68)(H,64,65)(H,73,74)(H4,51,52,54)/t30-,31-,32-,33-,34-,35-,37-,38-/m0/s1. The molecule has 4 rings (SSSR count). The number of aromatic hydroxyl groups is 1. The third-order valence-corrected chi connectivity index (χ3v) is 12.7. The topological polar surface area (TPSA) is 409 Å². The van der Waals surface area contributed by atoms with Crippen molar-refractivity contribution in [3.63, 3.8) is 0 Å². The first-order chi connectivity index (χ1) is 35.6. The van der Waals surface area contributed by atoms with Gasteiger partial charge in [-0.1, -0.05) is 42.5 Å². The molecule has 1 aliphatic heterocycles. The van der Waals surface area contributed by atoms with Crippen molar-refractivity contribution in [1.82, 2.24) is 46.8 Å². The Morgan fingerprint density at radius 2 is 1.29 bits per heavy atom. The normalized spacial score (nSPS) is 16.2. The number of aromatic nitrogens is 2. The lowest BCUT2D eigenvalue weighted by molar-refractivity contribution is -0.145. The molecule has 1 fully saturated rings. The van der Waals surface area contributed by atoms with Crippen molar-refractivity contribution in [3.8, 4) is 5.75 Å². The van der Waals surface area contributed by atoms with Crippen molar-refractivity contribution >= 4 is 84.5 Å². The molecule has 0 saturated carbocycles. The van der Waals surface area contributed by atoms with E-state index < -0.39 is 118 Å². The minimum Gasteiger partial charge on any atom is -0.508 e. The number of nitrogens with two attached hydrogens (primary N) is 3. The van der Waals surface area contributed by atoms with Crippen molar-refractivity contribution in [2.45, 2.75) is 137 Å². The first-order valence-electron chi connectivity index (χ1n) is 24.3. The zero-order chi connectivity index (χ0) is 56.5. The van der Waals surface area contributed by atoms with Gasteiger partial charge in [0, 0.05) is 53.7 Å². The molecule has 0 radical (unpaired) electrons. The molecule has 16 N–H and O–H groups in total. The smallest absolute Gasteiger partial charge is 0.326 e. The lowest BCUT2D eigenvalue weighted by atomic mass is 9.97. The number of guanidine groups is 1. The number of benzene rings is 2. The molecule has 2 heterocycles. The van der Waals surface area contributed by atoms with Crippen LogP contribution in [0.4, 0.5) is 0 Å². The van der Waals surface area contributed by atoms with Crippen LogP contribution in [0.25, 0.3) is 0 Å². The first kappa shape index (κ1) is 61.2. The van der Waals surface area contributed by atoms with Crippen molar-refractivity contribution in [2.24, 2.45) is 22.2 Å². The molecule has 1 aromatic heterocycles. The van der Waals surface area contributed by atoms with Gasteiger partial charge in [-0.3, -0.25) is 43.3 Å². The number of phenolic OH excluding ortho intramolecular Hbond substituents is 1. The van der Waals surface area contributed by atoms with Crippen LogP contribution in [0.15, 0.2) is 72.1 Å². The number of aromatic amines is 1. The summed E-state index contributed by atoms with van der Waals surface area (Å²) >= 11 is 9.25. The number of carboxylic acids is 2. The van der Waals surface area contributed by atoms with Gasteiger partial charge in [0.1, 0.15) is 48.0 Å².